The Kier molecular flexibility index (Phi) is 5.04. The van der Waals surface area contributed by atoms with Gasteiger partial charge in [-0.25, -0.2) is 18.6 Å². The van der Waals surface area contributed by atoms with Crippen molar-refractivity contribution in [1.82, 2.24) is 14.9 Å². The number of aryl methyl sites for hydroxylation is 1. The van der Waals surface area contributed by atoms with Crippen LogP contribution in [0.1, 0.15) is 53.6 Å². The molecule has 2 atom stereocenters. The normalized spacial score (nSPS) is 21.6. The van der Waals surface area contributed by atoms with Crippen molar-refractivity contribution in [1.29, 1.82) is 0 Å². The minimum absolute atomic E-state index is 0.0174. The molecule has 6 rings (SSSR count). The molecule has 0 radical (unpaired) electrons. The van der Waals surface area contributed by atoms with Crippen LogP contribution in [0.2, 0.25) is 0 Å². The van der Waals surface area contributed by atoms with Gasteiger partial charge in [-0.1, -0.05) is 6.92 Å². The summed E-state index contributed by atoms with van der Waals surface area (Å²) in [6.45, 7) is 0.946. The third-order valence-corrected chi connectivity index (χ3v) is 7.60. The molecule has 8 nitrogen and oxygen atoms in total. The number of carbonyl (C=O) groups is 2. The van der Waals surface area contributed by atoms with E-state index in [9.17, 15) is 41.4 Å². The minimum atomic E-state index is -5.18. The van der Waals surface area contributed by atoms with Gasteiger partial charge in [0.25, 0.3) is 5.56 Å². The Morgan fingerprint density at radius 1 is 1.24 bits per heavy atom. The van der Waals surface area contributed by atoms with Gasteiger partial charge in [-0.3, -0.25) is 9.59 Å². The second-order valence-electron chi connectivity index (χ2n) is 9.56. The van der Waals surface area contributed by atoms with Crippen molar-refractivity contribution in [3.05, 3.63) is 61.9 Å². The molecule has 0 saturated carbocycles. The largest absolute Gasteiger partial charge is 0.471 e. The number of nitrogens with zero attached hydrogens (tertiary/aromatic N) is 2. The predicted molar refractivity (Wildman–Crippen MR) is 120 cm³/mol. The zero-order chi connectivity index (χ0) is 27.3. The molecule has 0 fully saturated rings. The molecule has 2 N–H and O–H groups in total. The zero-order valence-electron chi connectivity index (χ0n) is 19.6. The first-order chi connectivity index (χ1) is 17.9. The first-order valence-electron chi connectivity index (χ1n) is 11.7. The summed E-state index contributed by atoms with van der Waals surface area (Å²) in [4.78, 5) is 42.1. The maximum absolute atomic E-state index is 14.8. The molecule has 2 aliphatic heterocycles. The summed E-state index contributed by atoms with van der Waals surface area (Å²) < 4.78 is 74.9. The summed E-state index contributed by atoms with van der Waals surface area (Å²) in [5.41, 5.74) is -2.22. The molecule has 0 saturated heterocycles. The van der Waals surface area contributed by atoms with Crippen molar-refractivity contribution >= 4 is 22.8 Å². The third-order valence-electron chi connectivity index (χ3n) is 7.60. The highest BCUT2D eigenvalue weighted by atomic mass is 19.4. The smallest absolute Gasteiger partial charge is 0.458 e. The van der Waals surface area contributed by atoms with Crippen LogP contribution in [0.3, 0.4) is 0 Å². The average molecular weight is 535 g/mol. The number of amides is 1. The Morgan fingerprint density at radius 2 is 1.97 bits per heavy atom. The number of aromatic nitrogens is 2. The number of rotatable bonds is 2. The lowest BCUT2D eigenvalue weighted by Gasteiger charge is -2.31. The summed E-state index contributed by atoms with van der Waals surface area (Å²) >= 11 is 0. The summed E-state index contributed by atoms with van der Waals surface area (Å²) in [7, 11) is 0. The van der Waals surface area contributed by atoms with E-state index < -0.39 is 46.9 Å². The number of halogens is 5. The van der Waals surface area contributed by atoms with Crippen LogP contribution in [0.4, 0.5) is 22.0 Å². The van der Waals surface area contributed by atoms with Crippen LogP contribution >= 0.6 is 0 Å². The van der Waals surface area contributed by atoms with E-state index in [1.165, 1.54) is 17.6 Å². The van der Waals surface area contributed by atoms with Crippen molar-refractivity contribution in [2.24, 2.45) is 0 Å². The lowest BCUT2D eigenvalue weighted by molar-refractivity contribution is -0.174. The van der Waals surface area contributed by atoms with Gasteiger partial charge in [0.2, 0.25) is 0 Å². The Balaban J connectivity index is 1.64. The van der Waals surface area contributed by atoms with Gasteiger partial charge in [0.1, 0.15) is 6.61 Å². The standard InChI is InChI=1S/C25H18F5N3O5/c1-2-24(37)12-5-16-20-10(7-33(16)21(34)11(12)8-38-23(24)36)18-14(32-22(35)25(28,29)30)4-3-9-17(18)15(31-20)6-13(26)19(9)27/h5-6,14,37H,2-4,7-8H2,1H3,(H,32,35)/t14?,24-/m0/s1. The Hall–Kier alpha value is -3.87. The van der Waals surface area contributed by atoms with E-state index in [0.717, 1.165) is 6.07 Å². The molecule has 13 heteroatoms. The molecule has 2 aromatic heterocycles. The van der Waals surface area contributed by atoms with E-state index in [1.54, 1.807) is 0 Å². The molecular weight excluding hydrogens is 517 g/mol. The van der Waals surface area contributed by atoms with Gasteiger partial charge in [-0.15, -0.1) is 0 Å². The van der Waals surface area contributed by atoms with E-state index in [4.69, 9.17) is 4.74 Å². The number of alkyl halides is 3. The number of carbonyl (C=O) groups excluding carboxylic acids is 2. The topological polar surface area (TPSA) is 111 Å². The summed E-state index contributed by atoms with van der Waals surface area (Å²) in [5.74, 6) is -5.49. The van der Waals surface area contributed by atoms with Gasteiger partial charge in [-0.2, -0.15) is 13.2 Å². The van der Waals surface area contributed by atoms with Crippen LogP contribution < -0.4 is 10.9 Å². The molecule has 1 aromatic carbocycles. The van der Waals surface area contributed by atoms with Gasteiger partial charge in [-0.05, 0) is 30.9 Å². The Labute approximate surface area is 210 Å². The molecule has 1 unspecified atom stereocenters. The summed E-state index contributed by atoms with van der Waals surface area (Å²) in [5, 5.41) is 13.0. The van der Waals surface area contributed by atoms with Crippen molar-refractivity contribution in [2.45, 2.75) is 57.2 Å². The highest BCUT2D eigenvalue weighted by molar-refractivity contribution is 5.93. The second kappa shape index (κ2) is 7.82. The lowest BCUT2D eigenvalue weighted by Crippen LogP contribution is -2.44. The fraction of sp³-hybridized carbons (Fsp3) is 0.360. The summed E-state index contributed by atoms with van der Waals surface area (Å²) in [6.07, 6.45) is -5.59. The highest BCUT2D eigenvalue weighted by Gasteiger charge is 2.46. The number of fused-ring (bicyclic) bond motifs is 5. The molecular formula is C25H18F5N3O5. The number of aliphatic hydroxyl groups is 1. The minimum Gasteiger partial charge on any atom is -0.458 e. The van der Waals surface area contributed by atoms with E-state index in [-0.39, 0.29) is 82.5 Å². The highest BCUT2D eigenvalue weighted by Crippen LogP contribution is 2.46. The van der Waals surface area contributed by atoms with E-state index >= 15 is 0 Å². The zero-order valence-corrected chi connectivity index (χ0v) is 19.6. The number of pyridine rings is 2. The average Bonchev–Trinajstić information content (AvgIpc) is 3.23. The molecule has 4 heterocycles. The first kappa shape index (κ1) is 24.5. The quantitative estimate of drug-likeness (QED) is 0.302. The number of benzene rings is 1. The van der Waals surface area contributed by atoms with Crippen LogP contribution in [0.25, 0.3) is 22.3 Å². The second-order valence-corrected chi connectivity index (χ2v) is 9.56. The van der Waals surface area contributed by atoms with Crippen LogP contribution in [0.15, 0.2) is 16.9 Å². The monoisotopic (exact) mass is 535 g/mol. The van der Waals surface area contributed by atoms with Crippen molar-refractivity contribution in [3.63, 3.8) is 0 Å². The first-order valence-corrected chi connectivity index (χ1v) is 11.7. The van der Waals surface area contributed by atoms with Crippen molar-refractivity contribution in [3.8, 4) is 11.4 Å². The molecule has 0 bridgehead atoms. The maximum atomic E-state index is 14.8. The van der Waals surface area contributed by atoms with Crippen LogP contribution in [-0.2, 0) is 39.5 Å². The molecule has 3 aromatic rings. The van der Waals surface area contributed by atoms with Gasteiger partial charge in [0.15, 0.2) is 17.2 Å². The third kappa shape index (κ3) is 3.17. The maximum Gasteiger partial charge on any atom is 0.471 e. The van der Waals surface area contributed by atoms with Crippen LogP contribution in [0.5, 0.6) is 0 Å². The molecule has 3 aliphatic rings. The van der Waals surface area contributed by atoms with Crippen molar-refractivity contribution < 1.29 is 41.4 Å². The van der Waals surface area contributed by atoms with E-state index in [2.05, 4.69) is 4.98 Å². The van der Waals surface area contributed by atoms with Gasteiger partial charge >= 0.3 is 18.1 Å². The number of ether oxygens (including phenoxy) is 1. The number of hydrogen-bond donors (Lipinski definition) is 2. The molecule has 198 valence electrons. The molecule has 0 spiro atoms. The number of hydrogen-bond acceptors (Lipinski definition) is 6. The number of nitrogens with one attached hydrogen (secondary N) is 1. The van der Waals surface area contributed by atoms with Gasteiger partial charge < -0.3 is 19.7 Å². The fourth-order valence-corrected chi connectivity index (χ4v) is 5.74. The van der Waals surface area contributed by atoms with Crippen LogP contribution in [0, 0.1) is 11.6 Å². The van der Waals surface area contributed by atoms with Crippen molar-refractivity contribution in [2.75, 3.05) is 0 Å². The summed E-state index contributed by atoms with van der Waals surface area (Å²) in [6, 6.07) is 0.980. The number of esters is 1. The van der Waals surface area contributed by atoms with Crippen LogP contribution in [-0.4, -0.2) is 32.7 Å². The Bertz CT molecular complexity index is 1660. The molecule has 1 amide bonds. The lowest BCUT2D eigenvalue weighted by atomic mass is 9.83. The van der Waals surface area contributed by atoms with E-state index in [0.29, 0.717) is 0 Å². The SMILES string of the molecule is CC[C@@]1(O)C(=O)OCc2c1cc1n(c2=O)Cc2c-1nc1cc(F)c(F)c3c1c2C(NC(=O)C(F)(F)F)CC3. The Morgan fingerprint density at radius 3 is 2.66 bits per heavy atom. The van der Waals surface area contributed by atoms with Gasteiger partial charge in [0, 0.05) is 28.1 Å². The predicted octanol–water partition coefficient (Wildman–Crippen LogP) is 3.02. The fourth-order valence-electron chi connectivity index (χ4n) is 5.74. The number of cyclic esters (lactones) is 1. The molecule has 38 heavy (non-hydrogen) atoms. The van der Waals surface area contributed by atoms with Gasteiger partial charge in [0.05, 0.1) is 35.1 Å². The van der Waals surface area contributed by atoms with E-state index in [1.807, 2.05) is 5.32 Å². The molecule has 1 aliphatic carbocycles.